The van der Waals surface area contributed by atoms with E-state index in [0.717, 1.165) is 69.6 Å². The van der Waals surface area contributed by atoms with Crippen LogP contribution in [0.5, 0.6) is 11.5 Å². The minimum Gasteiger partial charge on any atom is -0.493 e. The Bertz CT molecular complexity index is 1420. The third kappa shape index (κ3) is 8.66. The highest BCUT2D eigenvalue weighted by molar-refractivity contribution is 6.32. The molecule has 0 radical (unpaired) electrons. The summed E-state index contributed by atoms with van der Waals surface area (Å²) >= 11 is 6.92. The molecular formula is C40H55ClN2O3. The lowest BCUT2D eigenvalue weighted by molar-refractivity contribution is 0.207. The lowest BCUT2D eigenvalue weighted by Gasteiger charge is -2.22. The lowest BCUT2D eigenvalue weighted by atomic mass is 9.93. The number of ether oxygens (including phenoxy) is 2. The van der Waals surface area contributed by atoms with E-state index in [1.165, 1.54) is 64.9 Å². The van der Waals surface area contributed by atoms with Crippen LogP contribution in [0.4, 0.5) is 0 Å². The smallest absolute Gasteiger partial charge is 0.139 e. The fourth-order valence-corrected chi connectivity index (χ4v) is 7.38. The zero-order valence-electron chi connectivity index (χ0n) is 28.5. The summed E-state index contributed by atoms with van der Waals surface area (Å²) < 4.78 is 13.1. The number of likely N-dealkylation sites (tertiary alicyclic amines) is 1. The molecule has 1 aliphatic carbocycles. The summed E-state index contributed by atoms with van der Waals surface area (Å²) in [7, 11) is 0. The van der Waals surface area contributed by atoms with Crippen molar-refractivity contribution in [2.45, 2.75) is 104 Å². The zero-order chi connectivity index (χ0) is 32.5. The number of aliphatic hydroxyl groups is 1. The van der Waals surface area contributed by atoms with Gasteiger partial charge in [0.15, 0.2) is 0 Å². The average Bonchev–Trinajstić information content (AvgIpc) is 3.74. The fraction of sp³-hybridized carbons (Fsp3) is 0.550. The molecule has 0 spiro atoms. The van der Waals surface area contributed by atoms with E-state index < -0.39 is 0 Å². The summed E-state index contributed by atoms with van der Waals surface area (Å²) in [6.45, 7) is 14.0. The van der Waals surface area contributed by atoms with E-state index >= 15 is 0 Å². The summed E-state index contributed by atoms with van der Waals surface area (Å²) in [5, 5.41) is 14.0. The van der Waals surface area contributed by atoms with E-state index in [1.54, 1.807) is 0 Å². The Kier molecular flexibility index (Phi) is 12.9. The normalized spacial score (nSPS) is 17.7. The first kappa shape index (κ1) is 34.8. The van der Waals surface area contributed by atoms with E-state index in [2.05, 4.69) is 86.4 Å². The van der Waals surface area contributed by atoms with Crippen molar-refractivity contribution in [3.63, 3.8) is 0 Å². The van der Waals surface area contributed by atoms with Gasteiger partial charge in [-0.3, -0.25) is 0 Å². The van der Waals surface area contributed by atoms with Gasteiger partial charge in [0.05, 0.1) is 18.2 Å². The second kappa shape index (κ2) is 17.0. The molecule has 2 N–H and O–H groups in total. The van der Waals surface area contributed by atoms with Gasteiger partial charge < -0.3 is 24.8 Å². The molecule has 250 valence electrons. The number of aliphatic hydroxyl groups excluding tert-OH is 1. The maximum atomic E-state index is 9.81. The molecule has 0 bridgehead atoms. The van der Waals surface area contributed by atoms with Crippen molar-refractivity contribution in [3.8, 4) is 22.6 Å². The SMILES string of the molecule is CCCC(CO)NCc1cc(Cl)c(O[C@H]2CCc3c(-c4cccc(OCCCN5CCCC5)c4C)cccc32)cc1CC(C)CC. The number of hydrogen-bond donors (Lipinski definition) is 2. The van der Waals surface area contributed by atoms with Crippen LogP contribution in [0.2, 0.25) is 5.02 Å². The molecule has 2 unspecified atom stereocenters. The third-order valence-corrected chi connectivity index (χ3v) is 10.4. The minimum absolute atomic E-state index is 0.0403. The molecule has 0 aromatic heterocycles. The summed E-state index contributed by atoms with van der Waals surface area (Å²) in [4.78, 5) is 2.55. The monoisotopic (exact) mass is 646 g/mol. The van der Waals surface area contributed by atoms with Gasteiger partial charge in [-0.2, -0.15) is 0 Å². The maximum absolute atomic E-state index is 9.81. The van der Waals surface area contributed by atoms with E-state index in [4.69, 9.17) is 21.1 Å². The molecule has 0 saturated carbocycles. The van der Waals surface area contributed by atoms with Crippen LogP contribution in [0, 0.1) is 12.8 Å². The van der Waals surface area contributed by atoms with Gasteiger partial charge in [-0.1, -0.05) is 75.5 Å². The van der Waals surface area contributed by atoms with E-state index in [1.807, 2.05) is 0 Å². The van der Waals surface area contributed by atoms with Crippen molar-refractivity contribution in [1.82, 2.24) is 10.2 Å². The van der Waals surface area contributed by atoms with Crippen molar-refractivity contribution in [2.24, 2.45) is 5.92 Å². The van der Waals surface area contributed by atoms with Crippen LogP contribution in [0.1, 0.15) is 99.6 Å². The number of fused-ring (bicyclic) bond motifs is 1. The summed E-state index contributed by atoms with van der Waals surface area (Å²) in [5.74, 6) is 2.30. The molecule has 3 aromatic carbocycles. The summed E-state index contributed by atoms with van der Waals surface area (Å²) in [6.07, 6.45) is 9.65. The molecule has 1 heterocycles. The van der Waals surface area contributed by atoms with Crippen molar-refractivity contribution in [3.05, 3.63) is 81.4 Å². The number of hydrogen-bond acceptors (Lipinski definition) is 5. The Balaban J connectivity index is 1.32. The Hall–Kier alpha value is -2.57. The number of rotatable bonds is 17. The Morgan fingerprint density at radius 3 is 2.57 bits per heavy atom. The average molecular weight is 647 g/mol. The molecule has 1 aliphatic heterocycles. The topological polar surface area (TPSA) is 54.0 Å². The first-order valence-electron chi connectivity index (χ1n) is 17.8. The van der Waals surface area contributed by atoms with E-state index in [-0.39, 0.29) is 18.8 Å². The van der Waals surface area contributed by atoms with Crippen molar-refractivity contribution < 1.29 is 14.6 Å². The predicted molar refractivity (Wildman–Crippen MR) is 191 cm³/mol. The molecule has 2 aliphatic rings. The van der Waals surface area contributed by atoms with Gasteiger partial charge in [0.2, 0.25) is 0 Å². The number of benzene rings is 3. The third-order valence-electron chi connectivity index (χ3n) is 10.1. The summed E-state index contributed by atoms with van der Waals surface area (Å²) in [5.41, 5.74) is 8.80. The van der Waals surface area contributed by atoms with Crippen LogP contribution >= 0.6 is 11.6 Å². The number of nitrogens with zero attached hydrogens (tertiary/aromatic N) is 1. The Labute approximate surface area is 282 Å². The largest absolute Gasteiger partial charge is 0.493 e. The molecular weight excluding hydrogens is 592 g/mol. The molecule has 3 aromatic rings. The van der Waals surface area contributed by atoms with Crippen LogP contribution in [0.25, 0.3) is 11.1 Å². The quantitative estimate of drug-likeness (QED) is 0.143. The van der Waals surface area contributed by atoms with Gasteiger partial charge in [-0.05, 0) is 128 Å². The highest BCUT2D eigenvalue weighted by atomic mass is 35.5. The van der Waals surface area contributed by atoms with Gasteiger partial charge in [0.1, 0.15) is 17.6 Å². The fourth-order valence-electron chi connectivity index (χ4n) is 7.15. The van der Waals surface area contributed by atoms with Gasteiger partial charge in [0.25, 0.3) is 0 Å². The molecule has 3 atom stereocenters. The van der Waals surface area contributed by atoms with Gasteiger partial charge in [0, 0.05) is 19.1 Å². The zero-order valence-corrected chi connectivity index (χ0v) is 29.3. The van der Waals surface area contributed by atoms with Crippen molar-refractivity contribution in [1.29, 1.82) is 0 Å². The number of halogens is 1. The highest BCUT2D eigenvalue weighted by Gasteiger charge is 2.28. The summed E-state index contributed by atoms with van der Waals surface area (Å²) in [6, 6.07) is 17.4. The van der Waals surface area contributed by atoms with Crippen molar-refractivity contribution in [2.75, 3.05) is 32.8 Å². The van der Waals surface area contributed by atoms with E-state index in [0.29, 0.717) is 17.5 Å². The number of nitrogens with one attached hydrogen (secondary N) is 1. The van der Waals surface area contributed by atoms with Crippen LogP contribution in [0.3, 0.4) is 0 Å². The van der Waals surface area contributed by atoms with Gasteiger partial charge in [-0.15, -0.1) is 0 Å². The molecule has 6 heteroatoms. The Morgan fingerprint density at radius 2 is 1.80 bits per heavy atom. The lowest BCUT2D eigenvalue weighted by Crippen LogP contribution is -2.32. The molecule has 0 amide bonds. The maximum Gasteiger partial charge on any atom is 0.139 e. The van der Waals surface area contributed by atoms with Crippen LogP contribution in [-0.2, 0) is 19.4 Å². The minimum atomic E-state index is -0.0403. The molecule has 5 rings (SSSR count). The second-order valence-electron chi connectivity index (χ2n) is 13.5. The van der Waals surface area contributed by atoms with E-state index in [9.17, 15) is 5.11 Å². The van der Waals surface area contributed by atoms with Crippen molar-refractivity contribution >= 4 is 11.6 Å². The first-order valence-corrected chi connectivity index (χ1v) is 18.2. The van der Waals surface area contributed by atoms with Crippen LogP contribution in [-0.4, -0.2) is 48.9 Å². The van der Waals surface area contributed by atoms with Crippen LogP contribution in [0.15, 0.2) is 48.5 Å². The molecule has 5 nitrogen and oxygen atoms in total. The Morgan fingerprint density at radius 1 is 1.02 bits per heavy atom. The standard InChI is InChI=1S/C40H55ClN2O3/c1-5-12-32(27-44)42-26-31-24-37(41)40(25-30(31)23-28(3)6-2)46-39-18-17-35-34(14-9-15-36(35)39)33-13-10-16-38(29(33)4)45-22-11-21-43-19-7-8-20-43/h9-10,13-16,24-25,28,32,39,42,44H,5-8,11-12,17-23,26-27H2,1-4H3/t28?,32?,39-/m0/s1. The van der Waals surface area contributed by atoms with Gasteiger partial charge in [-0.25, -0.2) is 0 Å². The molecule has 46 heavy (non-hydrogen) atoms. The molecule has 1 saturated heterocycles. The second-order valence-corrected chi connectivity index (χ2v) is 13.9. The predicted octanol–water partition coefficient (Wildman–Crippen LogP) is 9.09. The highest BCUT2D eigenvalue weighted by Crippen LogP contribution is 2.43. The van der Waals surface area contributed by atoms with Crippen LogP contribution < -0.4 is 14.8 Å². The van der Waals surface area contributed by atoms with Gasteiger partial charge >= 0.3 is 0 Å². The first-order chi connectivity index (χ1) is 22.4. The molecule has 1 fully saturated rings.